The lowest BCUT2D eigenvalue weighted by Crippen LogP contribution is -2.45. The Morgan fingerprint density at radius 2 is 2.25 bits per heavy atom. The SMILES string of the molecule is CN=C(NCCNS(=O)(=O)c1cccnc1)NCC1(C)CCCS1. The number of thioether (sulfide) groups is 1. The maximum Gasteiger partial charge on any atom is 0.242 e. The van der Waals surface area contributed by atoms with E-state index in [2.05, 4.69) is 32.3 Å². The molecule has 9 heteroatoms. The fraction of sp³-hybridized carbons (Fsp3) is 0.600. The summed E-state index contributed by atoms with van der Waals surface area (Å²) in [4.78, 5) is 8.16. The van der Waals surface area contributed by atoms with Gasteiger partial charge >= 0.3 is 0 Å². The van der Waals surface area contributed by atoms with Crippen molar-refractivity contribution in [3.05, 3.63) is 24.5 Å². The van der Waals surface area contributed by atoms with E-state index in [4.69, 9.17) is 0 Å². The van der Waals surface area contributed by atoms with Crippen molar-refractivity contribution in [2.45, 2.75) is 29.4 Å². The molecule has 1 aromatic rings. The Bertz CT molecular complexity index is 643. The fourth-order valence-corrected chi connectivity index (χ4v) is 4.66. The number of hydrogen-bond acceptors (Lipinski definition) is 5. The van der Waals surface area contributed by atoms with E-state index in [1.807, 2.05) is 11.8 Å². The topological polar surface area (TPSA) is 95.5 Å². The van der Waals surface area contributed by atoms with Gasteiger partial charge in [0, 0.05) is 43.8 Å². The van der Waals surface area contributed by atoms with Crippen LogP contribution in [0.2, 0.25) is 0 Å². The summed E-state index contributed by atoms with van der Waals surface area (Å²) < 4.78 is 26.9. The third kappa shape index (κ3) is 5.64. The first kappa shape index (κ1) is 19.0. The van der Waals surface area contributed by atoms with Crippen molar-refractivity contribution >= 4 is 27.7 Å². The van der Waals surface area contributed by atoms with Crippen LogP contribution in [0.15, 0.2) is 34.4 Å². The molecule has 0 bridgehead atoms. The van der Waals surface area contributed by atoms with Crippen LogP contribution in [-0.2, 0) is 10.0 Å². The van der Waals surface area contributed by atoms with E-state index in [9.17, 15) is 8.42 Å². The molecule has 7 nitrogen and oxygen atoms in total. The lowest BCUT2D eigenvalue weighted by Gasteiger charge is -2.24. The minimum atomic E-state index is -3.52. The van der Waals surface area contributed by atoms with Crippen LogP contribution in [0.5, 0.6) is 0 Å². The van der Waals surface area contributed by atoms with Crippen molar-refractivity contribution in [2.24, 2.45) is 4.99 Å². The zero-order chi connectivity index (χ0) is 17.5. The highest BCUT2D eigenvalue weighted by atomic mass is 32.2. The quantitative estimate of drug-likeness (QED) is 0.373. The molecular weight excluding hydrogens is 346 g/mol. The van der Waals surface area contributed by atoms with Gasteiger partial charge < -0.3 is 10.6 Å². The second-order valence-corrected chi connectivity index (χ2v) is 9.29. The van der Waals surface area contributed by atoms with Crippen molar-refractivity contribution in [3.63, 3.8) is 0 Å². The molecule has 0 amide bonds. The minimum Gasteiger partial charge on any atom is -0.355 e. The van der Waals surface area contributed by atoms with Crippen LogP contribution in [0.4, 0.5) is 0 Å². The van der Waals surface area contributed by atoms with Gasteiger partial charge in [-0.25, -0.2) is 13.1 Å². The molecule has 1 unspecified atom stereocenters. The van der Waals surface area contributed by atoms with Gasteiger partial charge in [-0.2, -0.15) is 11.8 Å². The number of nitrogens with one attached hydrogen (secondary N) is 3. The first-order valence-electron chi connectivity index (χ1n) is 7.93. The molecule has 0 aliphatic carbocycles. The summed E-state index contributed by atoms with van der Waals surface area (Å²) in [5.74, 6) is 1.89. The predicted octanol–water partition coefficient (Wildman–Crippen LogP) is 0.811. The maximum absolute atomic E-state index is 12.1. The first-order chi connectivity index (χ1) is 11.5. The molecule has 0 saturated carbocycles. The van der Waals surface area contributed by atoms with E-state index in [1.54, 1.807) is 19.3 Å². The van der Waals surface area contributed by atoms with Crippen molar-refractivity contribution in [3.8, 4) is 0 Å². The van der Waals surface area contributed by atoms with Crippen LogP contribution in [-0.4, -0.2) is 56.5 Å². The molecule has 1 aliphatic heterocycles. The van der Waals surface area contributed by atoms with Crippen LogP contribution < -0.4 is 15.4 Å². The normalized spacial score (nSPS) is 21.7. The van der Waals surface area contributed by atoms with Crippen LogP contribution in [0.3, 0.4) is 0 Å². The van der Waals surface area contributed by atoms with Gasteiger partial charge in [-0.15, -0.1) is 0 Å². The van der Waals surface area contributed by atoms with Gasteiger partial charge in [-0.05, 0) is 37.7 Å². The molecule has 0 spiro atoms. The smallest absolute Gasteiger partial charge is 0.242 e. The molecule has 3 N–H and O–H groups in total. The van der Waals surface area contributed by atoms with E-state index in [0.29, 0.717) is 12.5 Å². The number of aromatic nitrogens is 1. The molecule has 134 valence electrons. The first-order valence-corrected chi connectivity index (χ1v) is 10.4. The lowest BCUT2D eigenvalue weighted by atomic mass is 10.1. The van der Waals surface area contributed by atoms with Gasteiger partial charge in [0.15, 0.2) is 5.96 Å². The molecule has 24 heavy (non-hydrogen) atoms. The van der Waals surface area contributed by atoms with Crippen LogP contribution in [0.25, 0.3) is 0 Å². The molecule has 0 radical (unpaired) electrons. The largest absolute Gasteiger partial charge is 0.355 e. The van der Waals surface area contributed by atoms with E-state index < -0.39 is 10.0 Å². The second-order valence-electron chi connectivity index (χ2n) is 5.84. The molecule has 2 heterocycles. The number of nitrogens with zero attached hydrogens (tertiary/aromatic N) is 2. The minimum absolute atomic E-state index is 0.165. The standard InChI is InChI=1S/C15H25N5O2S2/c1-15(6-4-10-23-15)12-19-14(16-2)18-8-9-20-24(21,22)13-5-3-7-17-11-13/h3,5,7,11,20H,4,6,8-10,12H2,1-2H3,(H2,16,18,19). The average Bonchev–Trinajstić information content (AvgIpc) is 3.02. The zero-order valence-corrected chi connectivity index (χ0v) is 15.7. The Labute approximate surface area is 148 Å². The van der Waals surface area contributed by atoms with Gasteiger partial charge in [-0.1, -0.05) is 0 Å². The zero-order valence-electron chi connectivity index (χ0n) is 14.1. The number of guanidine groups is 1. The van der Waals surface area contributed by atoms with E-state index in [0.717, 1.165) is 6.54 Å². The number of hydrogen-bond donors (Lipinski definition) is 3. The fourth-order valence-electron chi connectivity index (χ4n) is 2.42. The Balaban J connectivity index is 1.72. The Morgan fingerprint density at radius 3 is 2.88 bits per heavy atom. The summed E-state index contributed by atoms with van der Waals surface area (Å²) in [6, 6.07) is 3.11. The third-order valence-corrected chi connectivity index (χ3v) is 6.79. The summed E-state index contributed by atoms with van der Waals surface area (Å²) in [5.41, 5.74) is 0. The molecule has 0 aromatic carbocycles. The second kappa shape index (κ2) is 8.68. The van der Waals surface area contributed by atoms with Crippen molar-refractivity contribution < 1.29 is 8.42 Å². The monoisotopic (exact) mass is 371 g/mol. The molecule has 2 rings (SSSR count). The third-order valence-electron chi connectivity index (χ3n) is 3.81. The summed E-state index contributed by atoms with van der Waals surface area (Å²) >= 11 is 1.98. The van der Waals surface area contributed by atoms with Gasteiger partial charge in [0.25, 0.3) is 0 Å². The Morgan fingerprint density at radius 1 is 1.42 bits per heavy atom. The molecule has 1 aliphatic rings. The van der Waals surface area contributed by atoms with Crippen LogP contribution in [0, 0.1) is 0 Å². The van der Waals surface area contributed by atoms with Crippen molar-refractivity contribution in [1.82, 2.24) is 20.3 Å². The number of sulfonamides is 1. The lowest BCUT2D eigenvalue weighted by molar-refractivity contribution is 0.576. The predicted molar refractivity (Wildman–Crippen MR) is 98.9 cm³/mol. The summed E-state index contributed by atoms with van der Waals surface area (Å²) in [6.07, 6.45) is 5.33. The van der Waals surface area contributed by atoms with Gasteiger partial charge in [0.05, 0.1) is 0 Å². The summed E-state index contributed by atoms with van der Waals surface area (Å²) in [7, 11) is -1.81. The van der Waals surface area contributed by atoms with E-state index in [1.165, 1.54) is 30.9 Å². The summed E-state index contributed by atoms with van der Waals surface area (Å²) in [6.45, 7) is 3.82. The molecule has 1 atom stereocenters. The highest BCUT2D eigenvalue weighted by Gasteiger charge is 2.29. The number of pyridine rings is 1. The van der Waals surface area contributed by atoms with Gasteiger partial charge in [0.1, 0.15) is 4.90 Å². The van der Waals surface area contributed by atoms with Crippen LogP contribution >= 0.6 is 11.8 Å². The maximum atomic E-state index is 12.1. The van der Waals surface area contributed by atoms with E-state index in [-0.39, 0.29) is 16.2 Å². The molecule has 1 saturated heterocycles. The Kier molecular flexibility index (Phi) is 6.88. The molecule has 1 fully saturated rings. The highest BCUT2D eigenvalue weighted by molar-refractivity contribution is 8.00. The van der Waals surface area contributed by atoms with Gasteiger partial charge in [0.2, 0.25) is 10.0 Å². The van der Waals surface area contributed by atoms with Crippen LogP contribution in [0.1, 0.15) is 19.8 Å². The summed E-state index contributed by atoms with van der Waals surface area (Å²) in [5, 5.41) is 6.43. The Hall–Kier alpha value is -1.32. The molecule has 1 aromatic heterocycles. The van der Waals surface area contributed by atoms with E-state index >= 15 is 0 Å². The van der Waals surface area contributed by atoms with Crippen molar-refractivity contribution in [1.29, 1.82) is 0 Å². The number of aliphatic imine (C=N–C) groups is 1. The number of rotatable bonds is 7. The van der Waals surface area contributed by atoms with Crippen molar-refractivity contribution in [2.75, 3.05) is 32.4 Å². The highest BCUT2D eigenvalue weighted by Crippen LogP contribution is 2.36. The molecular formula is C15H25N5O2S2. The van der Waals surface area contributed by atoms with Gasteiger partial charge in [-0.3, -0.25) is 9.98 Å². The average molecular weight is 372 g/mol.